The molecule has 2 N–H and O–H groups in total. The van der Waals surface area contributed by atoms with Gasteiger partial charge in [-0.1, -0.05) is 78.1 Å². The van der Waals surface area contributed by atoms with E-state index in [2.05, 4.69) is 13.8 Å². The fraction of sp³-hybridized carbons (Fsp3) is 0.950. The highest BCUT2D eigenvalue weighted by Crippen LogP contribution is 2.65. The molecule has 0 aromatic carbocycles. The molecule has 0 aliphatic heterocycles. The molecule has 30 heavy (non-hydrogen) atoms. The highest BCUT2D eigenvalue weighted by atomic mass is 31.2. The van der Waals surface area contributed by atoms with Gasteiger partial charge in [0, 0.05) is 0 Å². The lowest BCUT2D eigenvalue weighted by atomic mass is 10.1. The number of unbranched alkanes of at least 4 members (excludes halogenated alkanes) is 10. The maximum atomic E-state index is 12.6. The van der Waals surface area contributed by atoms with Gasteiger partial charge in [0.15, 0.2) is 0 Å². The van der Waals surface area contributed by atoms with E-state index in [4.69, 9.17) is 13.8 Å². The van der Waals surface area contributed by atoms with Crippen LogP contribution < -0.4 is 0 Å². The zero-order chi connectivity index (χ0) is 22.9. The summed E-state index contributed by atoms with van der Waals surface area (Å²) in [5.41, 5.74) is 0. The van der Waals surface area contributed by atoms with Gasteiger partial charge in [0.05, 0.1) is 19.8 Å². The molecule has 0 aromatic rings. The summed E-state index contributed by atoms with van der Waals surface area (Å²) < 4.78 is 40.1. The van der Waals surface area contributed by atoms with Gasteiger partial charge in [-0.3, -0.25) is 13.9 Å². The van der Waals surface area contributed by atoms with Gasteiger partial charge in [0.2, 0.25) is 0 Å². The average molecular weight is 472 g/mol. The van der Waals surface area contributed by atoms with E-state index in [1.54, 1.807) is 0 Å². The molecule has 2 unspecified atom stereocenters. The van der Waals surface area contributed by atoms with Crippen molar-refractivity contribution < 1.29 is 37.5 Å². The summed E-state index contributed by atoms with van der Waals surface area (Å²) in [5, 5.41) is -2.25. The SMILES string of the molecule is CCCCCCCCOP(=O)(O)C(C(=O)OCC)P(=O)(O)OCCCCCCCC. The molecule has 0 spiro atoms. The summed E-state index contributed by atoms with van der Waals surface area (Å²) in [7, 11) is -9.51. The topological polar surface area (TPSA) is 119 Å². The number of carbonyl (C=O) groups excluding carboxylic acids is 1. The standard InChI is InChI=1S/C20H42O8P2/c1-4-7-9-11-13-15-17-27-29(22,23)20(19(21)26-6-3)30(24,25)28-18-16-14-12-10-8-5-2/h20H,4-18H2,1-3H3,(H,22,23)(H,24,25). The molecule has 0 radical (unpaired) electrons. The molecule has 0 fully saturated rings. The van der Waals surface area contributed by atoms with Crippen molar-refractivity contribution in [2.75, 3.05) is 19.8 Å². The molecule has 2 atom stereocenters. The number of esters is 1. The maximum Gasteiger partial charge on any atom is 0.354 e. The first-order valence-electron chi connectivity index (χ1n) is 11.3. The summed E-state index contributed by atoms with van der Waals surface area (Å²) in [4.78, 5) is 32.7. The van der Waals surface area contributed by atoms with Crippen LogP contribution in [0.15, 0.2) is 0 Å². The summed E-state index contributed by atoms with van der Waals surface area (Å²) >= 11 is 0. The van der Waals surface area contributed by atoms with E-state index >= 15 is 0 Å². The van der Waals surface area contributed by atoms with Gasteiger partial charge in [-0.25, -0.2) is 0 Å². The molecule has 180 valence electrons. The van der Waals surface area contributed by atoms with E-state index in [1.807, 2.05) is 0 Å². The molecule has 0 bridgehead atoms. The fourth-order valence-corrected chi connectivity index (χ4v) is 6.59. The molecule has 0 saturated heterocycles. The Bertz CT molecular complexity index is 503. The second-order valence-electron chi connectivity index (χ2n) is 7.46. The number of carbonyl (C=O) groups is 1. The molecule has 0 heterocycles. The molecule has 0 aromatic heterocycles. The lowest BCUT2D eigenvalue weighted by Gasteiger charge is -2.24. The summed E-state index contributed by atoms with van der Waals surface area (Å²) in [6.07, 6.45) is 11.3. The Balaban J connectivity index is 4.74. The van der Waals surface area contributed by atoms with Crippen molar-refractivity contribution in [2.24, 2.45) is 0 Å². The first-order valence-corrected chi connectivity index (χ1v) is 14.6. The van der Waals surface area contributed by atoms with Crippen molar-refractivity contribution in [1.82, 2.24) is 0 Å². The largest absolute Gasteiger partial charge is 0.465 e. The summed E-state index contributed by atoms with van der Waals surface area (Å²) in [6, 6.07) is 0. The average Bonchev–Trinajstić information content (AvgIpc) is 2.66. The van der Waals surface area contributed by atoms with Crippen LogP contribution in [0.25, 0.3) is 0 Å². The number of ether oxygens (including phenoxy) is 1. The van der Waals surface area contributed by atoms with E-state index in [9.17, 15) is 23.7 Å². The molecule has 0 aliphatic rings. The Morgan fingerprint density at radius 1 is 0.700 bits per heavy atom. The Morgan fingerprint density at radius 2 is 1.07 bits per heavy atom. The van der Waals surface area contributed by atoms with Gasteiger partial charge >= 0.3 is 21.2 Å². The number of hydrogen-bond acceptors (Lipinski definition) is 6. The van der Waals surface area contributed by atoms with Crippen LogP contribution in [0.5, 0.6) is 0 Å². The van der Waals surface area contributed by atoms with Gasteiger partial charge in [-0.05, 0) is 19.8 Å². The van der Waals surface area contributed by atoms with E-state index in [1.165, 1.54) is 6.92 Å². The molecular weight excluding hydrogens is 430 g/mol. The van der Waals surface area contributed by atoms with Crippen LogP contribution in [-0.2, 0) is 27.7 Å². The minimum Gasteiger partial charge on any atom is -0.465 e. The van der Waals surface area contributed by atoms with Crippen LogP contribution >= 0.6 is 15.2 Å². The first-order chi connectivity index (χ1) is 14.2. The Hall–Kier alpha value is -0.230. The van der Waals surface area contributed by atoms with Crippen LogP contribution in [-0.4, -0.2) is 41.0 Å². The predicted molar refractivity (Wildman–Crippen MR) is 119 cm³/mol. The Kier molecular flexibility index (Phi) is 17.2. The zero-order valence-corrected chi connectivity index (χ0v) is 20.7. The van der Waals surface area contributed by atoms with Crippen molar-refractivity contribution in [3.8, 4) is 0 Å². The lowest BCUT2D eigenvalue weighted by molar-refractivity contribution is -0.141. The van der Waals surface area contributed by atoms with E-state index in [0.29, 0.717) is 12.8 Å². The highest BCUT2D eigenvalue weighted by molar-refractivity contribution is 7.73. The van der Waals surface area contributed by atoms with Crippen LogP contribution in [0, 0.1) is 0 Å². The highest BCUT2D eigenvalue weighted by Gasteiger charge is 2.53. The third-order valence-corrected chi connectivity index (χ3v) is 9.18. The predicted octanol–water partition coefficient (Wildman–Crippen LogP) is 6.00. The van der Waals surface area contributed by atoms with Gasteiger partial charge < -0.3 is 23.6 Å². The van der Waals surface area contributed by atoms with Gasteiger partial charge in [-0.15, -0.1) is 0 Å². The normalized spacial score (nSPS) is 16.6. The molecule has 10 heteroatoms. The third kappa shape index (κ3) is 13.2. The van der Waals surface area contributed by atoms with Crippen LogP contribution in [0.4, 0.5) is 0 Å². The second-order valence-corrected chi connectivity index (χ2v) is 11.7. The minimum absolute atomic E-state index is 0.0762. The smallest absolute Gasteiger partial charge is 0.354 e. The Morgan fingerprint density at radius 3 is 1.43 bits per heavy atom. The van der Waals surface area contributed by atoms with Crippen molar-refractivity contribution in [3.05, 3.63) is 0 Å². The fourth-order valence-electron chi connectivity index (χ4n) is 2.96. The van der Waals surface area contributed by atoms with E-state index < -0.39 is 26.6 Å². The first kappa shape index (κ1) is 29.8. The number of rotatable bonds is 20. The lowest BCUT2D eigenvalue weighted by Crippen LogP contribution is -2.26. The Labute approximate surface area is 182 Å². The van der Waals surface area contributed by atoms with Crippen molar-refractivity contribution >= 4 is 21.2 Å². The van der Waals surface area contributed by atoms with Crippen molar-refractivity contribution in [1.29, 1.82) is 0 Å². The van der Waals surface area contributed by atoms with E-state index in [-0.39, 0.29) is 19.8 Å². The quantitative estimate of drug-likeness (QED) is 0.126. The molecule has 0 saturated carbocycles. The van der Waals surface area contributed by atoms with E-state index in [0.717, 1.165) is 64.2 Å². The zero-order valence-electron chi connectivity index (χ0n) is 18.9. The minimum atomic E-state index is -4.75. The molecule has 0 aliphatic carbocycles. The van der Waals surface area contributed by atoms with Crippen molar-refractivity contribution in [2.45, 2.75) is 103 Å². The summed E-state index contributed by atoms with van der Waals surface area (Å²) in [5.74, 6) is -1.25. The van der Waals surface area contributed by atoms with Crippen LogP contribution in [0.1, 0.15) is 97.8 Å². The number of hydrogen-bond donors (Lipinski definition) is 2. The maximum absolute atomic E-state index is 12.6. The van der Waals surface area contributed by atoms with Crippen molar-refractivity contribution in [3.63, 3.8) is 0 Å². The van der Waals surface area contributed by atoms with Gasteiger partial charge in [0.25, 0.3) is 5.40 Å². The molecule has 0 amide bonds. The third-order valence-electron chi connectivity index (χ3n) is 4.66. The van der Waals surface area contributed by atoms with Crippen LogP contribution in [0.2, 0.25) is 0 Å². The van der Waals surface area contributed by atoms with Gasteiger partial charge in [0.1, 0.15) is 0 Å². The molecule has 8 nitrogen and oxygen atoms in total. The second kappa shape index (κ2) is 17.3. The summed E-state index contributed by atoms with van der Waals surface area (Å²) in [6.45, 7) is 5.49. The monoisotopic (exact) mass is 472 g/mol. The van der Waals surface area contributed by atoms with Gasteiger partial charge in [-0.2, -0.15) is 0 Å². The molecular formula is C20H42O8P2. The molecule has 0 rings (SSSR count). The van der Waals surface area contributed by atoms with Crippen LogP contribution in [0.3, 0.4) is 0 Å².